The first-order chi connectivity index (χ1) is 17.6. The minimum atomic E-state index is -0.0156. The van der Waals surface area contributed by atoms with Crippen LogP contribution in [-0.2, 0) is 13.1 Å². The standard InChI is InChI=1S/C32H32N2O2/c1-3-5-17-33-27(23-13-9-7-10-14-23)21-31(35)25-20-30-26(19-29(25)33)32(36)22-28(34(30)18-6-4-2)24-15-11-8-12-16-24/h7-16,19-22H,3-6,17-18H2,1-2H3. The minimum Gasteiger partial charge on any atom is -0.340 e. The number of hydrogen-bond donors (Lipinski definition) is 0. The van der Waals surface area contributed by atoms with Gasteiger partial charge < -0.3 is 9.13 Å². The van der Waals surface area contributed by atoms with Gasteiger partial charge in [0.1, 0.15) is 0 Å². The second-order valence-corrected chi connectivity index (χ2v) is 9.42. The predicted octanol–water partition coefficient (Wildman–Crippen LogP) is 7.25. The van der Waals surface area contributed by atoms with E-state index in [1.54, 1.807) is 12.1 Å². The van der Waals surface area contributed by atoms with E-state index >= 15 is 0 Å². The Morgan fingerprint density at radius 2 is 0.944 bits per heavy atom. The molecule has 2 aromatic heterocycles. The maximum absolute atomic E-state index is 13.5. The molecule has 5 aromatic rings. The SMILES string of the molecule is CCCCn1c(-c2ccccc2)cc(=O)c2cc3c(cc21)c(=O)cc(-c1ccccc1)n3CCCC. The van der Waals surface area contributed by atoms with E-state index in [1.807, 2.05) is 72.8 Å². The highest BCUT2D eigenvalue weighted by Gasteiger charge is 2.16. The number of pyridine rings is 2. The van der Waals surface area contributed by atoms with E-state index in [0.29, 0.717) is 10.8 Å². The Bertz CT molecular complexity index is 1510. The molecule has 182 valence electrons. The zero-order chi connectivity index (χ0) is 25.1. The summed E-state index contributed by atoms with van der Waals surface area (Å²) in [5, 5.41) is 1.32. The topological polar surface area (TPSA) is 44.0 Å². The van der Waals surface area contributed by atoms with Crippen molar-refractivity contribution in [1.82, 2.24) is 9.13 Å². The number of hydrogen-bond acceptors (Lipinski definition) is 2. The molecular formula is C32H32N2O2. The highest BCUT2D eigenvalue weighted by Crippen LogP contribution is 2.29. The molecule has 0 saturated heterocycles. The van der Waals surface area contributed by atoms with Crippen LogP contribution >= 0.6 is 0 Å². The normalized spacial score (nSPS) is 11.4. The predicted molar refractivity (Wildman–Crippen MR) is 151 cm³/mol. The summed E-state index contributed by atoms with van der Waals surface area (Å²) in [6, 6.07) is 27.5. The second kappa shape index (κ2) is 10.4. The van der Waals surface area contributed by atoms with Crippen LogP contribution in [0.1, 0.15) is 39.5 Å². The first kappa shape index (κ1) is 23.8. The van der Waals surface area contributed by atoms with Crippen molar-refractivity contribution in [3.8, 4) is 22.5 Å². The van der Waals surface area contributed by atoms with Crippen molar-refractivity contribution < 1.29 is 0 Å². The smallest absolute Gasteiger partial charge is 0.190 e. The van der Waals surface area contributed by atoms with Crippen LogP contribution in [0.2, 0.25) is 0 Å². The first-order valence-corrected chi connectivity index (χ1v) is 13.0. The molecule has 0 N–H and O–H groups in total. The van der Waals surface area contributed by atoms with Crippen LogP contribution in [0.5, 0.6) is 0 Å². The van der Waals surface area contributed by atoms with Gasteiger partial charge in [-0.05, 0) is 36.1 Å². The summed E-state index contributed by atoms with van der Waals surface area (Å²) in [4.78, 5) is 27.0. The lowest BCUT2D eigenvalue weighted by molar-refractivity contribution is 0.648. The van der Waals surface area contributed by atoms with Crippen molar-refractivity contribution in [2.45, 2.75) is 52.6 Å². The molecule has 0 amide bonds. The molecule has 0 fully saturated rings. The van der Waals surface area contributed by atoms with Gasteiger partial charge in [0, 0.05) is 36.0 Å². The molecule has 0 aliphatic rings. The van der Waals surface area contributed by atoms with Crippen LogP contribution in [0.15, 0.2) is 94.5 Å². The zero-order valence-electron chi connectivity index (χ0n) is 21.0. The molecule has 3 aromatic carbocycles. The van der Waals surface area contributed by atoms with E-state index in [4.69, 9.17) is 0 Å². The molecule has 5 rings (SSSR count). The van der Waals surface area contributed by atoms with Crippen LogP contribution in [0.3, 0.4) is 0 Å². The summed E-state index contributed by atoms with van der Waals surface area (Å²) in [6.07, 6.45) is 4.06. The van der Waals surface area contributed by atoms with Gasteiger partial charge in [0.2, 0.25) is 0 Å². The minimum absolute atomic E-state index is 0.0156. The van der Waals surface area contributed by atoms with E-state index in [2.05, 4.69) is 23.0 Å². The highest BCUT2D eigenvalue weighted by atomic mass is 16.1. The van der Waals surface area contributed by atoms with Gasteiger partial charge in [-0.3, -0.25) is 9.59 Å². The Hall–Kier alpha value is -3.92. The lowest BCUT2D eigenvalue weighted by atomic mass is 10.0. The number of fused-ring (bicyclic) bond motifs is 2. The van der Waals surface area contributed by atoms with Gasteiger partial charge in [-0.15, -0.1) is 0 Å². The van der Waals surface area contributed by atoms with Crippen molar-refractivity contribution in [2.75, 3.05) is 0 Å². The third-order valence-corrected chi connectivity index (χ3v) is 6.95. The summed E-state index contributed by atoms with van der Waals surface area (Å²) in [5.74, 6) is 0. The third kappa shape index (κ3) is 4.39. The Balaban J connectivity index is 1.86. The number of benzene rings is 3. The van der Waals surface area contributed by atoms with Gasteiger partial charge in [-0.1, -0.05) is 87.4 Å². The van der Waals surface area contributed by atoms with E-state index in [1.165, 1.54) is 0 Å². The number of unbranched alkanes of at least 4 members (excludes halogenated alkanes) is 2. The molecule has 0 aliphatic carbocycles. The summed E-state index contributed by atoms with van der Waals surface area (Å²) in [6.45, 7) is 5.91. The Kier molecular flexibility index (Phi) is 6.86. The number of aryl methyl sites for hydroxylation is 2. The molecule has 0 radical (unpaired) electrons. The second-order valence-electron chi connectivity index (χ2n) is 9.42. The van der Waals surface area contributed by atoms with Gasteiger partial charge in [0.05, 0.1) is 22.4 Å². The van der Waals surface area contributed by atoms with Crippen molar-refractivity contribution in [3.05, 3.63) is 105 Å². The summed E-state index contributed by atoms with van der Waals surface area (Å²) >= 11 is 0. The van der Waals surface area contributed by atoms with Crippen LogP contribution in [-0.4, -0.2) is 9.13 Å². The molecule has 4 heteroatoms. The molecule has 0 bridgehead atoms. The molecule has 0 spiro atoms. The van der Waals surface area contributed by atoms with Gasteiger partial charge >= 0.3 is 0 Å². The fourth-order valence-electron chi connectivity index (χ4n) is 5.05. The summed E-state index contributed by atoms with van der Waals surface area (Å²) in [7, 11) is 0. The lowest BCUT2D eigenvalue weighted by Gasteiger charge is -2.20. The highest BCUT2D eigenvalue weighted by molar-refractivity contribution is 5.97. The molecule has 0 unspecified atom stereocenters. The summed E-state index contributed by atoms with van der Waals surface area (Å²) in [5.41, 5.74) is 5.43. The Labute approximate surface area is 211 Å². The van der Waals surface area contributed by atoms with E-state index < -0.39 is 0 Å². The van der Waals surface area contributed by atoms with Crippen molar-refractivity contribution >= 4 is 21.8 Å². The summed E-state index contributed by atoms with van der Waals surface area (Å²) < 4.78 is 4.44. The Morgan fingerprint density at radius 3 is 1.31 bits per heavy atom. The van der Waals surface area contributed by atoms with E-state index in [9.17, 15) is 9.59 Å². The number of aromatic nitrogens is 2. The maximum atomic E-state index is 13.5. The van der Waals surface area contributed by atoms with Crippen molar-refractivity contribution in [2.24, 2.45) is 0 Å². The van der Waals surface area contributed by atoms with E-state index in [0.717, 1.165) is 72.3 Å². The van der Waals surface area contributed by atoms with Crippen LogP contribution in [0.25, 0.3) is 44.3 Å². The van der Waals surface area contributed by atoms with E-state index in [-0.39, 0.29) is 10.9 Å². The van der Waals surface area contributed by atoms with Crippen LogP contribution in [0, 0.1) is 0 Å². The average Bonchev–Trinajstić information content (AvgIpc) is 2.92. The fourth-order valence-corrected chi connectivity index (χ4v) is 5.05. The molecule has 36 heavy (non-hydrogen) atoms. The van der Waals surface area contributed by atoms with Gasteiger partial charge in [-0.2, -0.15) is 0 Å². The number of nitrogens with zero attached hydrogens (tertiary/aromatic N) is 2. The van der Waals surface area contributed by atoms with Crippen LogP contribution in [0.4, 0.5) is 0 Å². The molecule has 4 nitrogen and oxygen atoms in total. The van der Waals surface area contributed by atoms with Crippen molar-refractivity contribution in [3.63, 3.8) is 0 Å². The van der Waals surface area contributed by atoms with Gasteiger partial charge in [0.25, 0.3) is 0 Å². The first-order valence-electron chi connectivity index (χ1n) is 13.0. The molecule has 0 saturated carbocycles. The average molecular weight is 477 g/mol. The van der Waals surface area contributed by atoms with Crippen molar-refractivity contribution in [1.29, 1.82) is 0 Å². The van der Waals surface area contributed by atoms with Crippen LogP contribution < -0.4 is 10.9 Å². The molecule has 2 heterocycles. The third-order valence-electron chi connectivity index (χ3n) is 6.95. The zero-order valence-corrected chi connectivity index (χ0v) is 21.0. The molecule has 0 atom stereocenters. The maximum Gasteiger partial charge on any atom is 0.190 e. The van der Waals surface area contributed by atoms with Gasteiger partial charge in [0.15, 0.2) is 10.9 Å². The molecular weight excluding hydrogens is 444 g/mol. The van der Waals surface area contributed by atoms with Gasteiger partial charge in [-0.25, -0.2) is 0 Å². The Morgan fingerprint density at radius 1 is 0.556 bits per heavy atom. The lowest BCUT2D eigenvalue weighted by Crippen LogP contribution is -2.16. The quantitative estimate of drug-likeness (QED) is 0.221. The largest absolute Gasteiger partial charge is 0.340 e. The monoisotopic (exact) mass is 476 g/mol. The number of rotatable bonds is 8. The molecule has 0 aliphatic heterocycles. The fraction of sp³-hybridized carbons (Fsp3) is 0.250.